The smallest absolute Gasteiger partial charge is 0.0640 e. The predicted octanol–water partition coefficient (Wildman–Crippen LogP) is 3.58. The lowest BCUT2D eigenvalue weighted by Crippen LogP contribution is -2.39. The zero-order valence-corrected chi connectivity index (χ0v) is 14.6. The molecule has 0 aliphatic carbocycles. The molecule has 1 aromatic rings. The molecule has 0 fully saturated rings. The summed E-state index contributed by atoms with van der Waals surface area (Å²) in [4.78, 5) is 0. The summed E-state index contributed by atoms with van der Waals surface area (Å²) in [6, 6.07) is 3.07. The van der Waals surface area contributed by atoms with Gasteiger partial charge in [-0.2, -0.15) is 5.10 Å². The summed E-state index contributed by atoms with van der Waals surface area (Å²) in [5, 5.41) is 8.32. The van der Waals surface area contributed by atoms with E-state index in [4.69, 9.17) is 9.84 Å². The van der Waals surface area contributed by atoms with Gasteiger partial charge in [0.05, 0.1) is 17.3 Å². The molecule has 0 radical (unpaired) electrons. The zero-order valence-electron chi connectivity index (χ0n) is 14.6. The Kier molecular flexibility index (Phi) is 7.40. The van der Waals surface area contributed by atoms with Gasteiger partial charge in [-0.1, -0.05) is 20.8 Å². The molecule has 1 heterocycles. The third-order valence-electron chi connectivity index (χ3n) is 4.22. The SMILES string of the molecule is CCNC(Cc1ccn(C(CC)CC)n1)CC(C)(C)OC. The molecular formula is C17H33N3O. The van der Waals surface area contributed by atoms with Crippen LogP contribution in [0.2, 0.25) is 0 Å². The Morgan fingerprint density at radius 2 is 1.95 bits per heavy atom. The predicted molar refractivity (Wildman–Crippen MR) is 88.7 cm³/mol. The van der Waals surface area contributed by atoms with Crippen LogP contribution in [0.25, 0.3) is 0 Å². The first-order valence-corrected chi connectivity index (χ1v) is 8.28. The third-order valence-corrected chi connectivity index (χ3v) is 4.22. The number of nitrogens with zero attached hydrogens (tertiary/aromatic N) is 2. The second-order valence-corrected chi connectivity index (χ2v) is 6.38. The van der Waals surface area contributed by atoms with Gasteiger partial charge in [0, 0.05) is 25.8 Å². The van der Waals surface area contributed by atoms with Crippen molar-refractivity contribution in [3.63, 3.8) is 0 Å². The highest BCUT2D eigenvalue weighted by Crippen LogP contribution is 2.19. The van der Waals surface area contributed by atoms with E-state index in [0.717, 1.165) is 32.2 Å². The molecule has 0 aliphatic rings. The molecule has 0 spiro atoms. The molecule has 0 aromatic carbocycles. The monoisotopic (exact) mass is 295 g/mol. The molecule has 1 aromatic heterocycles. The van der Waals surface area contributed by atoms with E-state index < -0.39 is 0 Å². The molecule has 1 rings (SSSR count). The molecule has 0 aliphatic heterocycles. The third kappa shape index (κ3) is 5.79. The first-order valence-electron chi connectivity index (χ1n) is 8.28. The van der Waals surface area contributed by atoms with E-state index in [0.29, 0.717) is 12.1 Å². The Bertz CT molecular complexity index is 396. The minimum atomic E-state index is -0.106. The molecule has 0 saturated carbocycles. The summed E-state index contributed by atoms with van der Waals surface area (Å²) in [6.07, 6.45) is 6.32. The Hall–Kier alpha value is -0.870. The van der Waals surface area contributed by atoms with Gasteiger partial charge in [0.25, 0.3) is 0 Å². The van der Waals surface area contributed by atoms with Crippen LogP contribution in [0.3, 0.4) is 0 Å². The van der Waals surface area contributed by atoms with Crippen molar-refractivity contribution in [1.29, 1.82) is 0 Å². The highest BCUT2D eigenvalue weighted by atomic mass is 16.5. The van der Waals surface area contributed by atoms with Gasteiger partial charge in [0.1, 0.15) is 0 Å². The summed E-state index contributed by atoms with van der Waals surface area (Å²) >= 11 is 0. The van der Waals surface area contributed by atoms with Crippen molar-refractivity contribution in [2.75, 3.05) is 13.7 Å². The van der Waals surface area contributed by atoms with Crippen molar-refractivity contribution in [2.24, 2.45) is 0 Å². The maximum absolute atomic E-state index is 5.56. The number of hydrogen-bond acceptors (Lipinski definition) is 3. The van der Waals surface area contributed by atoms with E-state index in [-0.39, 0.29) is 5.60 Å². The molecule has 4 heteroatoms. The van der Waals surface area contributed by atoms with Crippen LogP contribution in [0, 0.1) is 0 Å². The summed E-state index contributed by atoms with van der Waals surface area (Å²) < 4.78 is 7.69. The van der Waals surface area contributed by atoms with Gasteiger partial charge in [-0.15, -0.1) is 0 Å². The van der Waals surface area contributed by atoms with Crippen LogP contribution in [0.5, 0.6) is 0 Å². The molecule has 0 saturated heterocycles. The highest BCUT2D eigenvalue weighted by molar-refractivity contribution is 5.03. The van der Waals surface area contributed by atoms with Gasteiger partial charge < -0.3 is 10.1 Å². The van der Waals surface area contributed by atoms with E-state index >= 15 is 0 Å². The molecule has 1 N–H and O–H groups in total. The van der Waals surface area contributed by atoms with Crippen LogP contribution in [-0.2, 0) is 11.2 Å². The number of likely N-dealkylation sites (N-methyl/N-ethyl adjacent to an activating group) is 1. The van der Waals surface area contributed by atoms with Crippen LogP contribution < -0.4 is 5.32 Å². The molecular weight excluding hydrogens is 262 g/mol. The van der Waals surface area contributed by atoms with E-state index in [9.17, 15) is 0 Å². The molecule has 1 unspecified atom stereocenters. The maximum atomic E-state index is 5.56. The quantitative estimate of drug-likeness (QED) is 0.717. The molecule has 0 bridgehead atoms. The van der Waals surface area contributed by atoms with E-state index in [1.807, 2.05) is 0 Å². The highest BCUT2D eigenvalue weighted by Gasteiger charge is 2.23. The van der Waals surface area contributed by atoms with E-state index in [1.54, 1.807) is 7.11 Å². The largest absolute Gasteiger partial charge is 0.379 e. The lowest BCUT2D eigenvalue weighted by molar-refractivity contribution is 0.00718. The number of methoxy groups -OCH3 is 1. The first kappa shape index (κ1) is 18.2. The van der Waals surface area contributed by atoms with Gasteiger partial charge in [0.2, 0.25) is 0 Å². The number of aromatic nitrogens is 2. The average molecular weight is 295 g/mol. The fraction of sp³-hybridized carbons (Fsp3) is 0.824. The molecule has 4 nitrogen and oxygen atoms in total. The van der Waals surface area contributed by atoms with Crippen LogP contribution in [-0.4, -0.2) is 35.1 Å². The first-order chi connectivity index (χ1) is 9.95. The lowest BCUT2D eigenvalue weighted by atomic mass is 9.95. The van der Waals surface area contributed by atoms with Crippen molar-refractivity contribution >= 4 is 0 Å². The Labute approximate surface area is 130 Å². The van der Waals surface area contributed by atoms with Gasteiger partial charge >= 0.3 is 0 Å². The number of rotatable bonds is 10. The second kappa shape index (κ2) is 8.54. The van der Waals surface area contributed by atoms with Crippen molar-refractivity contribution in [2.45, 2.75) is 78.0 Å². The van der Waals surface area contributed by atoms with Crippen molar-refractivity contribution in [1.82, 2.24) is 15.1 Å². The van der Waals surface area contributed by atoms with Gasteiger partial charge in [-0.05, 0) is 45.7 Å². The van der Waals surface area contributed by atoms with Gasteiger partial charge in [0.15, 0.2) is 0 Å². The van der Waals surface area contributed by atoms with Crippen molar-refractivity contribution in [3.05, 3.63) is 18.0 Å². The van der Waals surface area contributed by atoms with Crippen molar-refractivity contribution in [3.8, 4) is 0 Å². The maximum Gasteiger partial charge on any atom is 0.0640 e. The minimum Gasteiger partial charge on any atom is -0.379 e. The fourth-order valence-electron chi connectivity index (χ4n) is 2.79. The number of ether oxygens (including phenoxy) is 1. The summed E-state index contributed by atoms with van der Waals surface area (Å²) in [5.74, 6) is 0. The van der Waals surface area contributed by atoms with E-state index in [2.05, 4.69) is 56.9 Å². The van der Waals surface area contributed by atoms with Crippen LogP contribution in [0.1, 0.15) is 65.6 Å². The number of hydrogen-bond donors (Lipinski definition) is 1. The second-order valence-electron chi connectivity index (χ2n) is 6.38. The Balaban J connectivity index is 2.71. The summed E-state index contributed by atoms with van der Waals surface area (Å²) in [5.41, 5.74) is 1.06. The Morgan fingerprint density at radius 1 is 1.29 bits per heavy atom. The van der Waals surface area contributed by atoms with Crippen molar-refractivity contribution < 1.29 is 4.74 Å². The fourth-order valence-corrected chi connectivity index (χ4v) is 2.79. The molecule has 122 valence electrons. The van der Waals surface area contributed by atoms with Crippen LogP contribution in [0.4, 0.5) is 0 Å². The van der Waals surface area contributed by atoms with Gasteiger partial charge in [-0.3, -0.25) is 4.68 Å². The Morgan fingerprint density at radius 3 is 2.48 bits per heavy atom. The molecule has 1 atom stereocenters. The molecule has 21 heavy (non-hydrogen) atoms. The minimum absolute atomic E-state index is 0.106. The number of nitrogens with one attached hydrogen (secondary N) is 1. The zero-order chi connectivity index (χ0) is 15.9. The topological polar surface area (TPSA) is 39.1 Å². The van der Waals surface area contributed by atoms with Crippen LogP contribution >= 0.6 is 0 Å². The van der Waals surface area contributed by atoms with Gasteiger partial charge in [-0.25, -0.2) is 0 Å². The lowest BCUT2D eigenvalue weighted by Gasteiger charge is -2.28. The van der Waals surface area contributed by atoms with E-state index in [1.165, 1.54) is 5.69 Å². The average Bonchev–Trinajstić information content (AvgIpc) is 2.88. The normalized spacial score (nSPS) is 13.9. The molecule has 0 amide bonds. The summed E-state index contributed by atoms with van der Waals surface area (Å²) in [7, 11) is 1.78. The standard InChI is InChI=1S/C17H33N3O/c1-7-16(8-2)20-11-10-14(19-20)12-15(18-9-3)13-17(4,5)21-6/h10-11,15-16,18H,7-9,12-13H2,1-6H3. The summed E-state index contributed by atoms with van der Waals surface area (Å²) in [6.45, 7) is 11.8. The van der Waals surface area contributed by atoms with Crippen LogP contribution in [0.15, 0.2) is 12.3 Å².